The molecule has 0 heterocycles. The molecule has 0 aliphatic rings. The molecule has 0 aliphatic heterocycles. The number of rotatable bonds is 1. The second-order valence-electron chi connectivity index (χ2n) is 0.970. The van der Waals surface area contributed by atoms with Gasteiger partial charge in [-0.25, -0.2) is 4.84 Å². The lowest BCUT2D eigenvalue weighted by atomic mass is 11.0. The van der Waals surface area contributed by atoms with Crippen molar-refractivity contribution in [3.63, 3.8) is 0 Å². The standard InChI is InChI=1S/C3H9N3O/c1-5-3(4)6-7-2/h1-2H3,(H3,4,5,6)/p+1. The minimum Gasteiger partial charge on any atom is -0.289 e. The van der Waals surface area contributed by atoms with Crippen LogP contribution in [0, 0.1) is 0 Å². The smallest absolute Gasteiger partial charge is 0.289 e. The lowest BCUT2D eigenvalue weighted by molar-refractivity contribution is -0.426. The Hall–Kier alpha value is -0.770. The molecule has 0 spiro atoms. The van der Waals surface area contributed by atoms with E-state index in [4.69, 9.17) is 5.73 Å². The molecule has 0 bridgehead atoms. The zero-order valence-corrected chi connectivity index (χ0v) is 4.49. The molecule has 0 unspecified atom stereocenters. The largest absolute Gasteiger partial charge is 0.369 e. The van der Waals surface area contributed by atoms with Gasteiger partial charge in [0, 0.05) is 0 Å². The van der Waals surface area contributed by atoms with Crippen LogP contribution in [0.1, 0.15) is 0 Å². The summed E-state index contributed by atoms with van der Waals surface area (Å²) >= 11 is 0. The van der Waals surface area contributed by atoms with E-state index < -0.39 is 0 Å². The lowest BCUT2D eigenvalue weighted by Crippen LogP contribution is -2.74. The molecule has 4 heteroatoms. The highest BCUT2D eigenvalue weighted by Gasteiger charge is 1.88. The maximum absolute atomic E-state index is 5.15. The quantitative estimate of drug-likeness (QED) is 0.191. The third-order valence-electron chi connectivity index (χ3n) is 0.481. The van der Waals surface area contributed by atoms with E-state index in [1.54, 1.807) is 7.05 Å². The Morgan fingerprint density at radius 2 is 2.43 bits per heavy atom. The van der Waals surface area contributed by atoms with Crippen LogP contribution in [-0.2, 0) is 4.84 Å². The molecular formula is C3H10N3O+. The molecule has 42 valence electrons. The molecule has 0 fully saturated rings. The average Bonchev–Trinajstić information content (AvgIpc) is 1.68. The zero-order chi connectivity index (χ0) is 5.70. The van der Waals surface area contributed by atoms with Gasteiger partial charge in [0.25, 0.3) is 0 Å². The number of hydrogen-bond acceptors (Lipinski definition) is 1. The Bertz CT molecular complexity index is 70.6. The Morgan fingerprint density at radius 1 is 1.86 bits per heavy atom. The molecule has 0 aromatic carbocycles. The van der Waals surface area contributed by atoms with E-state index in [1.807, 2.05) is 0 Å². The van der Waals surface area contributed by atoms with Crippen molar-refractivity contribution in [1.29, 1.82) is 0 Å². The molecule has 0 aromatic heterocycles. The molecule has 0 atom stereocenters. The van der Waals surface area contributed by atoms with Crippen LogP contribution in [0.25, 0.3) is 0 Å². The minimum absolute atomic E-state index is 0.405. The van der Waals surface area contributed by atoms with E-state index in [0.29, 0.717) is 5.96 Å². The average molecular weight is 104 g/mol. The van der Waals surface area contributed by atoms with Gasteiger partial charge in [-0.2, -0.15) is 0 Å². The van der Waals surface area contributed by atoms with E-state index in [9.17, 15) is 0 Å². The van der Waals surface area contributed by atoms with Crippen LogP contribution in [0.2, 0.25) is 0 Å². The van der Waals surface area contributed by atoms with Crippen molar-refractivity contribution in [2.75, 3.05) is 14.2 Å². The molecule has 0 saturated heterocycles. The normalized spacial score (nSPS) is 11.4. The first kappa shape index (κ1) is 6.23. The van der Waals surface area contributed by atoms with Crippen molar-refractivity contribution in [2.45, 2.75) is 0 Å². The van der Waals surface area contributed by atoms with Crippen LogP contribution in [0.3, 0.4) is 0 Å². The highest BCUT2D eigenvalue weighted by Crippen LogP contribution is 1.40. The van der Waals surface area contributed by atoms with Gasteiger partial charge in [-0.15, -0.1) is 5.48 Å². The number of guanidine groups is 1. The van der Waals surface area contributed by atoms with Crippen molar-refractivity contribution < 1.29 is 9.83 Å². The Kier molecular flexibility index (Phi) is 3.04. The summed E-state index contributed by atoms with van der Waals surface area (Å²) < 4.78 is 0. The summed E-state index contributed by atoms with van der Waals surface area (Å²) in [5.74, 6) is 0.405. The Morgan fingerprint density at radius 3 is 2.57 bits per heavy atom. The summed E-state index contributed by atoms with van der Waals surface area (Å²) in [4.78, 5) is 7.04. The van der Waals surface area contributed by atoms with E-state index in [2.05, 4.69) is 15.3 Å². The van der Waals surface area contributed by atoms with E-state index in [0.717, 1.165) is 0 Å². The van der Waals surface area contributed by atoms with Gasteiger partial charge in [0.2, 0.25) is 0 Å². The first-order valence-electron chi connectivity index (χ1n) is 1.90. The van der Waals surface area contributed by atoms with E-state index in [1.165, 1.54) is 7.11 Å². The van der Waals surface area contributed by atoms with Crippen molar-refractivity contribution in [3.05, 3.63) is 0 Å². The predicted molar refractivity (Wildman–Crippen MR) is 26.2 cm³/mol. The van der Waals surface area contributed by atoms with Gasteiger partial charge in [0.1, 0.15) is 0 Å². The summed E-state index contributed by atoms with van der Waals surface area (Å²) in [5, 5.41) is 0. The number of nitrogens with one attached hydrogen (secondary N) is 2. The highest BCUT2D eigenvalue weighted by atomic mass is 16.6. The highest BCUT2D eigenvalue weighted by molar-refractivity contribution is 5.70. The Labute approximate surface area is 42.3 Å². The topological polar surface area (TPSA) is 61.2 Å². The first-order valence-corrected chi connectivity index (χ1v) is 1.90. The van der Waals surface area contributed by atoms with Gasteiger partial charge in [-0.3, -0.25) is 10.7 Å². The fourth-order valence-electron chi connectivity index (χ4n) is 0.161. The van der Waals surface area contributed by atoms with Crippen LogP contribution >= 0.6 is 0 Å². The molecule has 0 rings (SSSR count). The number of hydroxylamine groups is 1. The fraction of sp³-hybridized carbons (Fsp3) is 0.667. The van der Waals surface area contributed by atoms with Gasteiger partial charge in [-0.1, -0.05) is 0 Å². The summed E-state index contributed by atoms with van der Waals surface area (Å²) in [6.07, 6.45) is 0. The van der Waals surface area contributed by atoms with Crippen LogP contribution in [0.4, 0.5) is 0 Å². The summed E-state index contributed by atoms with van der Waals surface area (Å²) in [6.45, 7) is 0. The van der Waals surface area contributed by atoms with E-state index in [-0.39, 0.29) is 0 Å². The van der Waals surface area contributed by atoms with Crippen LogP contribution in [0.15, 0.2) is 0 Å². The molecular weight excluding hydrogens is 94.1 g/mol. The molecule has 4 N–H and O–H groups in total. The monoisotopic (exact) mass is 104 g/mol. The Balaban J connectivity index is 3.17. The molecule has 0 aromatic rings. The van der Waals surface area contributed by atoms with Gasteiger partial charge in [-0.05, 0) is 0 Å². The third kappa shape index (κ3) is 3.05. The molecule has 4 nitrogen and oxygen atoms in total. The molecule has 0 aliphatic carbocycles. The number of nitrogens with two attached hydrogens (primary N) is 1. The third-order valence-corrected chi connectivity index (χ3v) is 0.481. The minimum atomic E-state index is 0.405. The molecule has 0 amide bonds. The fourth-order valence-corrected chi connectivity index (χ4v) is 0.161. The maximum Gasteiger partial charge on any atom is 0.369 e. The van der Waals surface area contributed by atoms with Gasteiger partial charge in [0.05, 0.1) is 14.2 Å². The summed E-state index contributed by atoms with van der Waals surface area (Å²) in [7, 11) is 3.19. The number of hydrogen-bond donors (Lipinski definition) is 3. The van der Waals surface area contributed by atoms with Crippen LogP contribution in [0.5, 0.6) is 0 Å². The van der Waals surface area contributed by atoms with Gasteiger partial charge in [0.15, 0.2) is 0 Å². The van der Waals surface area contributed by atoms with Crippen molar-refractivity contribution in [1.82, 2.24) is 5.48 Å². The molecule has 7 heavy (non-hydrogen) atoms. The maximum atomic E-state index is 5.15. The summed E-state index contributed by atoms with van der Waals surface area (Å²) in [5.41, 5.74) is 7.53. The lowest BCUT2D eigenvalue weighted by Gasteiger charge is -1.88. The second-order valence-corrected chi connectivity index (χ2v) is 0.970. The first-order chi connectivity index (χ1) is 3.31. The van der Waals surface area contributed by atoms with E-state index >= 15 is 0 Å². The summed E-state index contributed by atoms with van der Waals surface area (Å²) in [6, 6.07) is 0. The van der Waals surface area contributed by atoms with Crippen molar-refractivity contribution in [2.24, 2.45) is 5.73 Å². The van der Waals surface area contributed by atoms with Crippen LogP contribution < -0.4 is 16.2 Å². The zero-order valence-electron chi connectivity index (χ0n) is 4.49. The van der Waals surface area contributed by atoms with Crippen molar-refractivity contribution in [3.8, 4) is 0 Å². The predicted octanol–water partition coefficient (Wildman–Crippen LogP) is -2.84. The SMILES string of the molecule is C[NH+]=C(N)NOC. The van der Waals surface area contributed by atoms with Crippen LogP contribution in [-0.4, -0.2) is 20.1 Å². The van der Waals surface area contributed by atoms with Crippen molar-refractivity contribution >= 4 is 5.96 Å². The molecule has 0 saturated carbocycles. The molecule has 0 radical (unpaired) electrons. The van der Waals surface area contributed by atoms with Gasteiger partial charge >= 0.3 is 5.96 Å². The second kappa shape index (κ2) is 3.42. The van der Waals surface area contributed by atoms with Gasteiger partial charge < -0.3 is 0 Å².